The summed E-state index contributed by atoms with van der Waals surface area (Å²) in [6.45, 7) is 0.187. The average molecular weight is 298 g/mol. The van der Waals surface area contributed by atoms with E-state index in [0.29, 0.717) is 5.75 Å². The van der Waals surface area contributed by atoms with Crippen LogP contribution < -0.4 is 4.74 Å². The highest BCUT2D eigenvalue weighted by Gasteiger charge is 2.02. The number of benzene rings is 1. The molecule has 0 amide bonds. The van der Waals surface area contributed by atoms with Crippen molar-refractivity contribution in [1.82, 2.24) is 0 Å². The molecule has 1 heterocycles. The van der Waals surface area contributed by atoms with Crippen molar-refractivity contribution in [2.24, 2.45) is 0 Å². The molecule has 2 aromatic rings. The Kier molecular flexibility index (Phi) is 4.46. The average Bonchev–Trinajstić information content (AvgIpc) is 2.76. The van der Waals surface area contributed by atoms with Crippen LogP contribution in [-0.2, 0) is 4.79 Å². The van der Waals surface area contributed by atoms with Crippen LogP contribution in [0.3, 0.4) is 0 Å². The second kappa shape index (κ2) is 6.08. The minimum Gasteiger partial charge on any atom is -0.493 e. The van der Waals surface area contributed by atoms with Crippen molar-refractivity contribution in [3.63, 3.8) is 0 Å². The molecule has 2 rings (SSSR count). The molecule has 94 valence electrons. The summed E-state index contributed by atoms with van der Waals surface area (Å²) in [4.78, 5) is 11.5. The third-order valence-electron chi connectivity index (χ3n) is 2.19. The Balaban J connectivity index is 2.01. The zero-order valence-corrected chi connectivity index (χ0v) is 11.7. The maximum Gasteiger partial charge on any atom is 0.306 e. The second-order valence-corrected chi connectivity index (χ2v) is 6.42. The van der Waals surface area contributed by atoms with Crippen molar-refractivity contribution in [2.45, 2.75) is 6.42 Å². The van der Waals surface area contributed by atoms with E-state index < -0.39 is 5.97 Å². The van der Waals surface area contributed by atoms with E-state index in [1.165, 1.54) is 0 Å². The Morgan fingerprint density at radius 2 is 2.00 bits per heavy atom. The van der Waals surface area contributed by atoms with Crippen molar-refractivity contribution < 1.29 is 14.6 Å². The van der Waals surface area contributed by atoms with Gasteiger partial charge in [0.2, 0.25) is 0 Å². The predicted molar refractivity (Wildman–Crippen MR) is 76.2 cm³/mol. The highest BCUT2D eigenvalue weighted by Crippen LogP contribution is 2.30. The minimum absolute atomic E-state index is 0.00761. The van der Waals surface area contributed by atoms with E-state index in [1.807, 2.05) is 30.3 Å². The van der Waals surface area contributed by atoms with E-state index in [2.05, 4.69) is 0 Å². The monoisotopic (exact) mass is 298 g/mol. The van der Waals surface area contributed by atoms with E-state index in [-0.39, 0.29) is 13.0 Å². The molecule has 0 bridgehead atoms. The van der Waals surface area contributed by atoms with Gasteiger partial charge in [-0.2, -0.15) is 0 Å². The summed E-state index contributed by atoms with van der Waals surface area (Å²) in [6.07, 6.45) is 0.00761. The molecule has 0 saturated carbocycles. The summed E-state index contributed by atoms with van der Waals surface area (Å²) in [5.74, 6) is -0.177. The van der Waals surface area contributed by atoms with Gasteiger partial charge in [-0.3, -0.25) is 4.79 Å². The lowest BCUT2D eigenvalue weighted by molar-refractivity contribution is -0.137. The van der Waals surface area contributed by atoms with Gasteiger partial charge in [-0.05, 0) is 35.9 Å². The first-order chi connectivity index (χ1) is 8.65. The Bertz CT molecular complexity index is 583. The predicted octanol–water partition coefficient (Wildman–Crippen LogP) is 4.06. The molecule has 0 aliphatic carbocycles. The van der Waals surface area contributed by atoms with Crippen LogP contribution in [0.25, 0.3) is 10.4 Å². The maximum atomic E-state index is 10.3. The van der Waals surface area contributed by atoms with Gasteiger partial charge in [0.15, 0.2) is 0 Å². The molecule has 0 aliphatic heterocycles. The van der Waals surface area contributed by atoms with Gasteiger partial charge in [0, 0.05) is 4.88 Å². The number of rotatable bonds is 5. The molecule has 18 heavy (non-hydrogen) atoms. The summed E-state index contributed by atoms with van der Waals surface area (Å²) in [7, 11) is 3.23. The molecule has 0 spiro atoms. The van der Waals surface area contributed by atoms with E-state index in [0.717, 1.165) is 14.3 Å². The summed E-state index contributed by atoms with van der Waals surface area (Å²) in [6, 6.07) is 9.55. The van der Waals surface area contributed by atoms with Crippen molar-refractivity contribution in [1.29, 1.82) is 0 Å². The fourth-order valence-corrected chi connectivity index (χ4v) is 3.75. The second-order valence-electron chi connectivity index (χ2n) is 3.51. The number of hydrogen-bond acceptors (Lipinski definition) is 5. The number of aliphatic carboxylic acids is 1. The van der Waals surface area contributed by atoms with Crippen LogP contribution in [0.2, 0.25) is 0 Å². The summed E-state index contributed by atoms with van der Waals surface area (Å²) < 4.78 is 6.20. The topological polar surface area (TPSA) is 46.5 Å². The highest BCUT2D eigenvalue weighted by molar-refractivity contribution is 7.80. The summed E-state index contributed by atoms with van der Waals surface area (Å²) >= 11 is 5.09. The SMILES string of the molecule is O=C(O)CCOc1ccc(-c2cc(=S)ss2)cc1. The lowest BCUT2D eigenvalue weighted by Gasteiger charge is -2.04. The van der Waals surface area contributed by atoms with Gasteiger partial charge in [0.1, 0.15) is 9.57 Å². The summed E-state index contributed by atoms with van der Waals surface area (Å²) in [5, 5.41) is 8.50. The molecule has 6 heteroatoms. The van der Waals surface area contributed by atoms with E-state index in [4.69, 9.17) is 22.1 Å². The first-order valence-electron chi connectivity index (χ1n) is 5.20. The molecular formula is C12H10O3S3. The zero-order valence-electron chi connectivity index (χ0n) is 9.29. The van der Waals surface area contributed by atoms with Gasteiger partial charge in [-0.15, -0.1) is 0 Å². The standard InChI is InChI=1S/C12H10O3S3/c13-11(14)5-6-15-9-3-1-8(2-4-9)10-7-12(16)18-17-10/h1-4,7H,5-6H2,(H,13,14). The van der Waals surface area contributed by atoms with Gasteiger partial charge in [-0.25, -0.2) is 0 Å². The Hall–Kier alpha value is -1.24. The Morgan fingerprint density at radius 1 is 1.28 bits per heavy atom. The first-order valence-corrected chi connectivity index (χ1v) is 7.76. The molecule has 1 N–H and O–H groups in total. The normalized spacial score (nSPS) is 10.2. The molecule has 0 fully saturated rings. The molecular weight excluding hydrogens is 288 g/mol. The van der Waals surface area contributed by atoms with Crippen LogP contribution >= 0.6 is 32.9 Å². The lowest BCUT2D eigenvalue weighted by atomic mass is 10.2. The maximum absolute atomic E-state index is 10.3. The van der Waals surface area contributed by atoms with Gasteiger partial charge in [0.05, 0.1) is 13.0 Å². The zero-order chi connectivity index (χ0) is 13.0. The molecule has 3 nitrogen and oxygen atoms in total. The van der Waals surface area contributed by atoms with Gasteiger partial charge >= 0.3 is 5.97 Å². The van der Waals surface area contributed by atoms with Crippen molar-refractivity contribution in [3.05, 3.63) is 34.2 Å². The quantitative estimate of drug-likeness (QED) is 0.668. The number of carboxylic acids is 1. The van der Waals surface area contributed by atoms with Crippen LogP contribution in [0.5, 0.6) is 5.75 Å². The van der Waals surface area contributed by atoms with E-state index in [9.17, 15) is 4.79 Å². The number of carboxylic acid groups (broad SMARTS) is 1. The fraction of sp³-hybridized carbons (Fsp3) is 0.167. The Morgan fingerprint density at radius 3 is 2.56 bits per heavy atom. The molecule has 1 aromatic carbocycles. The van der Waals surface area contributed by atoms with E-state index >= 15 is 0 Å². The van der Waals surface area contributed by atoms with Gasteiger partial charge < -0.3 is 9.84 Å². The molecule has 0 atom stereocenters. The van der Waals surface area contributed by atoms with Crippen molar-refractivity contribution in [2.75, 3.05) is 6.61 Å². The number of ether oxygens (including phenoxy) is 1. The third-order valence-corrected chi connectivity index (χ3v) is 5.10. The largest absolute Gasteiger partial charge is 0.493 e. The number of hydrogen-bond donors (Lipinski definition) is 1. The van der Waals surface area contributed by atoms with Crippen LogP contribution in [-0.4, -0.2) is 17.7 Å². The molecule has 0 radical (unpaired) electrons. The lowest BCUT2D eigenvalue weighted by Crippen LogP contribution is -2.04. The smallest absolute Gasteiger partial charge is 0.306 e. The Labute approximate surface area is 117 Å². The number of carbonyl (C=O) groups is 1. The summed E-state index contributed by atoms with van der Waals surface area (Å²) in [5.41, 5.74) is 1.10. The molecule has 1 aromatic heterocycles. The molecule has 0 aliphatic rings. The van der Waals surface area contributed by atoms with Crippen LogP contribution in [0.15, 0.2) is 30.3 Å². The van der Waals surface area contributed by atoms with Gasteiger partial charge in [-0.1, -0.05) is 32.9 Å². The first kappa shape index (κ1) is 13.2. The molecule has 0 unspecified atom stereocenters. The fourth-order valence-electron chi connectivity index (χ4n) is 1.34. The van der Waals surface area contributed by atoms with Crippen LogP contribution in [0.1, 0.15) is 6.42 Å². The third kappa shape index (κ3) is 3.63. The van der Waals surface area contributed by atoms with E-state index in [1.54, 1.807) is 20.7 Å². The minimum atomic E-state index is -0.857. The van der Waals surface area contributed by atoms with Crippen molar-refractivity contribution in [3.8, 4) is 16.2 Å². The van der Waals surface area contributed by atoms with Crippen LogP contribution in [0.4, 0.5) is 0 Å². The van der Waals surface area contributed by atoms with Gasteiger partial charge in [0.25, 0.3) is 0 Å². The molecule has 0 saturated heterocycles. The van der Waals surface area contributed by atoms with Crippen molar-refractivity contribution >= 4 is 38.9 Å². The highest BCUT2D eigenvalue weighted by atomic mass is 32.9. The van der Waals surface area contributed by atoms with Crippen LogP contribution in [0, 0.1) is 3.82 Å².